The number of nitrogens with two attached hydrogens (primary N) is 1. The topological polar surface area (TPSA) is 55.1 Å². The lowest BCUT2D eigenvalue weighted by molar-refractivity contribution is -0.126. The second-order valence-corrected chi connectivity index (χ2v) is 3.63. The lowest BCUT2D eigenvalue weighted by Gasteiger charge is -2.21. The highest BCUT2D eigenvalue weighted by Crippen LogP contribution is 2.23. The Hall–Kier alpha value is -0.570. The Morgan fingerprint density at radius 3 is 2.50 bits per heavy atom. The molecule has 1 amide bonds. The SMILES string of the molecule is CC(N)NC(=O)C1CCCCC1. The molecule has 0 saturated heterocycles. The highest BCUT2D eigenvalue weighted by atomic mass is 16.2. The summed E-state index contributed by atoms with van der Waals surface area (Å²) in [4.78, 5) is 11.4. The standard InChI is InChI=1S/C9H18N2O/c1-7(10)11-9(12)8-5-3-2-4-6-8/h7-8H,2-6,10H2,1H3,(H,11,12). The number of hydrogen-bond donors (Lipinski definition) is 2. The maximum Gasteiger partial charge on any atom is 0.224 e. The van der Waals surface area contributed by atoms with Crippen molar-refractivity contribution >= 4 is 5.91 Å². The molecule has 1 fully saturated rings. The molecule has 3 heteroatoms. The summed E-state index contributed by atoms with van der Waals surface area (Å²) >= 11 is 0. The minimum atomic E-state index is -0.209. The molecule has 3 N–H and O–H groups in total. The molecule has 0 bridgehead atoms. The number of carbonyl (C=O) groups is 1. The third kappa shape index (κ3) is 2.81. The maximum absolute atomic E-state index is 11.4. The van der Waals surface area contributed by atoms with E-state index in [1.165, 1.54) is 19.3 Å². The molecule has 70 valence electrons. The van der Waals surface area contributed by atoms with Gasteiger partial charge in [0.25, 0.3) is 0 Å². The smallest absolute Gasteiger partial charge is 0.224 e. The molecule has 1 unspecified atom stereocenters. The lowest BCUT2D eigenvalue weighted by Crippen LogP contribution is -2.42. The Balaban J connectivity index is 2.30. The molecule has 0 aliphatic heterocycles. The van der Waals surface area contributed by atoms with Crippen LogP contribution in [0.25, 0.3) is 0 Å². The van der Waals surface area contributed by atoms with Gasteiger partial charge in [0.15, 0.2) is 0 Å². The van der Waals surface area contributed by atoms with Gasteiger partial charge in [-0.05, 0) is 19.8 Å². The predicted octanol–water partition coefficient (Wildman–Crippen LogP) is 0.988. The van der Waals surface area contributed by atoms with Gasteiger partial charge in [-0.25, -0.2) is 0 Å². The Bertz CT molecular complexity index is 151. The Morgan fingerprint density at radius 2 is 2.00 bits per heavy atom. The molecule has 0 aromatic heterocycles. The fourth-order valence-electron chi connectivity index (χ4n) is 1.71. The van der Waals surface area contributed by atoms with Crippen LogP contribution in [0.1, 0.15) is 39.0 Å². The van der Waals surface area contributed by atoms with E-state index in [4.69, 9.17) is 5.73 Å². The molecule has 1 aliphatic carbocycles. The Kier molecular flexibility index (Phi) is 3.53. The fourth-order valence-corrected chi connectivity index (χ4v) is 1.71. The fraction of sp³-hybridized carbons (Fsp3) is 0.889. The van der Waals surface area contributed by atoms with Crippen molar-refractivity contribution in [3.8, 4) is 0 Å². The first-order chi connectivity index (χ1) is 5.70. The van der Waals surface area contributed by atoms with Gasteiger partial charge >= 0.3 is 0 Å². The van der Waals surface area contributed by atoms with Crippen LogP contribution in [-0.4, -0.2) is 12.1 Å². The van der Waals surface area contributed by atoms with Crippen LogP contribution in [0.3, 0.4) is 0 Å². The minimum Gasteiger partial charge on any atom is -0.341 e. The van der Waals surface area contributed by atoms with Crippen LogP contribution in [0.5, 0.6) is 0 Å². The van der Waals surface area contributed by atoms with Crippen molar-refractivity contribution in [2.75, 3.05) is 0 Å². The first-order valence-electron chi connectivity index (χ1n) is 4.76. The van der Waals surface area contributed by atoms with E-state index in [-0.39, 0.29) is 18.0 Å². The quantitative estimate of drug-likeness (QED) is 0.607. The van der Waals surface area contributed by atoms with E-state index < -0.39 is 0 Å². The first kappa shape index (κ1) is 9.52. The lowest BCUT2D eigenvalue weighted by atomic mass is 9.88. The highest BCUT2D eigenvalue weighted by Gasteiger charge is 2.20. The van der Waals surface area contributed by atoms with Crippen LogP contribution in [0.2, 0.25) is 0 Å². The highest BCUT2D eigenvalue weighted by molar-refractivity contribution is 5.78. The number of amides is 1. The number of hydrogen-bond acceptors (Lipinski definition) is 2. The monoisotopic (exact) mass is 170 g/mol. The molecular weight excluding hydrogens is 152 g/mol. The van der Waals surface area contributed by atoms with Gasteiger partial charge in [0.2, 0.25) is 5.91 Å². The van der Waals surface area contributed by atoms with Gasteiger partial charge < -0.3 is 11.1 Å². The molecule has 0 aromatic carbocycles. The van der Waals surface area contributed by atoms with Crippen molar-refractivity contribution in [3.05, 3.63) is 0 Å². The van der Waals surface area contributed by atoms with Crippen LogP contribution in [0, 0.1) is 5.92 Å². The summed E-state index contributed by atoms with van der Waals surface area (Å²) in [5.41, 5.74) is 5.47. The molecule has 0 spiro atoms. The van der Waals surface area contributed by atoms with E-state index >= 15 is 0 Å². The van der Waals surface area contributed by atoms with Crippen LogP contribution in [0.4, 0.5) is 0 Å². The zero-order valence-corrected chi connectivity index (χ0v) is 7.68. The minimum absolute atomic E-state index is 0.143. The summed E-state index contributed by atoms with van der Waals surface area (Å²) in [5.74, 6) is 0.370. The Morgan fingerprint density at radius 1 is 1.42 bits per heavy atom. The third-order valence-electron chi connectivity index (χ3n) is 2.35. The van der Waals surface area contributed by atoms with Gasteiger partial charge in [-0.15, -0.1) is 0 Å². The Labute approximate surface area is 73.7 Å². The summed E-state index contributed by atoms with van der Waals surface area (Å²) in [6.07, 6.45) is 5.53. The summed E-state index contributed by atoms with van der Waals surface area (Å²) in [6, 6.07) is 0. The van der Waals surface area contributed by atoms with E-state index in [9.17, 15) is 4.79 Å². The van der Waals surface area contributed by atoms with E-state index in [2.05, 4.69) is 5.32 Å². The van der Waals surface area contributed by atoms with E-state index in [0.29, 0.717) is 0 Å². The molecule has 1 saturated carbocycles. The summed E-state index contributed by atoms with van der Waals surface area (Å²) in [7, 11) is 0. The molecule has 1 atom stereocenters. The average Bonchev–Trinajstić information content (AvgIpc) is 2.05. The van der Waals surface area contributed by atoms with Crippen molar-refractivity contribution in [2.24, 2.45) is 11.7 Å². The predicted molar refractivity (Wildman–Crippen MR) is 48.4 cm³/mol. The van der Waals surface area contributed by atoms with Gasteiger partial charge in [-0.2, -0.15) is 0 Å². The zero-order chi connectivity index (χ0) is 8.97. The van der Waals surface area contributed by atoms with Crippen molar-refractivity contribution in [3.63, 3.8) is 0 Å². The number of carbonyl (C=O) groups excluding carboxylic acids is 1. The molecule has 1 rings (SSSR count). The van der Waals surface area contributed by atoms with Crippen LogP contribution in [0.15, 0.2) is 0 Å². The van der Waals surface area contributed by atoms with Crippen LogP contribution in [-0.2, 0) is 4.79 Å². The van der Waals surface area contributed by atoms with Gasteiger partial charge in [-0.3, -0.25) is 4.79 Å². The second kappa shape index (κ2) is 4.45. The van der Waals surface area contributed by atoms with Crippen molar-refractivity contribution in [2.45, 2.75) is 45.2 Å². The van der Waals surface area contributed by atoms with Gasteiger partial charge in [0, 0.05) is 5.92 Å². The molecule has 0 heterocycles. The summed E-state index contributed by atoms with van der Waals surface area (Å²) < 4.78 is 0. The molecule has 0 aromatic rings. The zero-order valence-electron chi connectivity index (χ0n) is 7.68. The van der Waals surface area contributed by atoms with Gasteiger partial charge in [0.1, 0.15) is 0 Å². The largest absolute Gasteiger partial charge is 0.341 e. The van der Waals surface area contributed by atoms with Crippen molar-refractivity contribution in [1.82, 2.24) is 5.32 Å². The van der Waals surface area contributed by atoms with E-state index in [0.717, 1.165) is 12.8 Å². The third-order valence-corrected chi connectivity index (χ3v) is 2.35. The van der Waals surface area contributed by atoms with E-state index in [1.807, 2.05) is 0 Å². The number of nitrogens with one attached hydrogen (secondary N) is 1. The normalized spacial score (nSPS) is 21.8. The van der Waals surface area contributed by atoms with Crippen LogP contribution >= 0.6 is 0 Å². The summed E-state index contributed by atoms with van der Waals surface area (Å²) in [5, 5.41) is 2.75. The first-order valence-corrected chi connectivity index (χ1v) is 4.76. The van der Waals surface area contributed by atoms with Gasteiger partial charge in [0.05, 0.1) is 6.17 Å². The molecule has 1 aliphatic rings. The molecule has 12 heavy (non-hydrogen) atoms. The maximum atomic E-state index is 11.4. The van der Waals surface area contributed by atoms with Crippen molar-refractivity contribution < 1.29 is 4.79 Å². The molecule has 3 nitrogen and oxygen atoms in total. The van der Waals surface area contributed by atoms with E-state index in [1.54, 1.807) is 6.92 Å². The second-order valence-electron chi connectivity index (χ2n) is 3.63. The summed E-state index contributed by atoms with van der Waals surface area (Å²) in [6.45, 7) is 1.79. The van der Waals surface area contributed by atoms with Gasteiger partial charge in [-0.1, -0.05) is 19.3 Å². The van der Waals surface area contributed by atoms with Crippen LogP contribution < -0.4 is 11.1 Å². The van der Waals surface area contributed by atoms with Crippen molar-refractivity contribution in [1.29, 1.82) is 0 Å². The molecule has 0 radical (unpaired) electrons. The molecular formula is C9H18N2O. The number of rotatable bonds is 2. The average molecular weight is 170 g/mol.